The predicted octanol–water partition coefficient (Wildman–Crippen LogP) is 8.06. The van der Waals surface area contributed by atoms with Crippen molar-refractivity contribution in [1.82, 2.24) is 9.80 Å². The van der Waals surface area contributed by atoms with E-state index in [2.05, 4.69) is 96.5 Å². The van der Waals surface area contributed by atoms with Crippen molar-refractivity contribution < 1.29 is 0 Å². The van der Waals surface area contributed by atoms with Crippen LogP contribution in [-0.2, 0) is 0 Å². The SMILES string of the molecule is CCCN(CCC)CCC.CCCN(CCC)CCC.ICCCCCI. The van der Waals surface area contributed by atoms with Crippen molar-refractivity contribution in [2.75, 3.05) is 48.1 Å². The van der Waals surface area contributed by atoms with Crippen LogP contribution in [0.1, 0.15) is 99.3 Å². The molecule has 0 amide bonds. The first-order chi connectivity index (χ1) is 13.1. The summed E-state index contributed by atoms with van der Waals surface area (Å²) in [7, 11) is 0. The summed E-state index contributed by atoms with van der Waals surface area (Å²) >= 11 is 4.85. The average molecular weight is 610 g/mol. The summed E-state index contributed by atoms with van der Waals surface area (Å²) in [6.07, 6.45) is 12.0. The molecule has 27 heavy (non-hydrogen) atoms. The molecule has 0 aliphatic heterocycles. The molecule has 0 heterocycles. The van der Waals surface area contributed by atoms with Gasteiger partial charge in [-0.25, -0.2) is 0 Å². The summed E-state index contributed by atoms with van der Waals surface area (Å²) in [5.41, 5.74) is 0. The lowest BCUT2D eigenvalue weighted by atomic mass is 10.3. The second-order valence-electron chi connectivity index (χ2n) is 7.12. The van der Waals surface area contributed by atoms with E-state index in [-0.39, 0.29) is 0 Å². The molecule has 2 nitrogen and oxygen atoms in total. The molecule has 0 saturated carbocycles. The van der Waals surface area contributed by atoms with Crippen molar-refractivity contribution in [3.05, 3.63) is 0 Å². The van der Waals surface area contributed by atoms with E-state index >= 15 is 0 Å². The molecule has 0 rings (SSSR count). The van der Waals surface area contributed by atoms with Gasteiger partial charge >= 0.3 is 0 Å². The van der Waals surface area contributed by atoms with E-state index < -0.39 is 0 Å². The highest BCUT2D eigenvalue weighted by molar-refractivity contribution is 14.1. The molecule has 0 aliphatic carbocycles. The molecule has 0 radical (unpaired) electrons. The number of halogens is 2. The van der Waals surface area contributed by atoms with Crippen molar-refractivity contribution >= 4 is 45.2 Å². The Morgan fingerprint density at radius 2 is 0.630 bits per heavy atom. The molecule has 0 bridgehead atoms. The fourth-order valence-corrected chi connectivity index (χ4v) is 4.01. The second-order valence-corrected chi connectivity index (χ2v) is 9.28. The van der Waals surface area contributed by atoms with Gasteiger partial charge < -0.3 is 9.80 Å². The van der Waals surface area contributed by atoms with Crippen LogP contribution in [0, 0.1) is 0 Å². The van der Waals surface area contributed by atoms with Gasteiger partial charge in [-0.15, -0.1) is 0 Å². The maximum atomic E-state index is 2.54. The smallest absolute Gasteiger partial charge is 0.000472 e. The molecule has 0 unspecified atom stereocenters. The summed E-state index contributed by atoms with van der Waals surface area (Å²) < 4.78 is 2.66. The number of alkyl halides is 2. The minimum Gasteiger partial charge on any atom is -0.303 e. The van der Waals surface area contributed by atoms with Gasteiger partial charge in [-0.1, -0.05) is 93.1 Å². The number of nitrogens with zero attached hydrogens (tertiary/aromatic N) is 2. The molecule has 0 saturated heterocycles. The van der Waals surface area contributed by atoms with Crippen molar-refractivity contribution in [2.45, 2.75) is 99.3 Å². The van der Waals surface area contributed by atoms with Gasteiger partial charge in [-0.2, -0.15) is 0 Å². The Labute approximate surface area is 201 Å². The molecule has 168 valence electrons. The van der Waals surface area contributed by atoms with Crippen molar-refractivity contribution in [2.24, 2.45) is 0 Å². The summed E-state index contributed by atoms with van der Waals surface area (Å²) in [4.78, 5) is 5.08. The van der Waals surface area contributed by atoms with Gasteiger partial charge in [0, 0.05) is 0 Å². The molecule has 0 aromatic rings. The van der Waals surface area contributed by atoms with Crippen LogP contribution < -0.4 is 0 Å². The Morgan fingerprint density at radius 3 is 0.778 bits per heavy atom. The lowest BCUT2D eigenvalue weighted by Gasteiger charge is -2.19. The summed E-state index contributed by atoms with van der Waals surface area (Å²) in [5.74, 6) is 0. The normalized spacial score (nSPS) is 10.4. The van der Waals surface area contributed by atoms with E-state index in [0.29, 0.717) is 0 Å². The van der Waals surface area contributed by atoms with E-state index in [9.17, 15) is 0 Å². The maximum Gasteiger partial charge on any atom is -0.000472 e. The second kappa shape index (κ2) is 32.1. The molecule has 0 aromatic heterocycles. The Hall–Kier alpha value is 1.38. The number of unbranched alkanes of at least 4 members (excludes halogenated alkanes) is 2. The van der Waals surface area contributed by atoms with Gasteiger partial charge in [0.2, 0.25) is 0 Å². The quantitative estimate of drug-likeness (QED) is 0.0992. The predicted molar refractivity (Wildman–Crippen MR) is 146 cm³/mol. The van der Waals surface area contributed by atoms with Crippen molar-refractivity contribution in [3.8, 4) is 0 Å². The van der Waals surface area contributed by atoms with E-state index in [1.165, 1.54) is 106 Å². The third-order valence-corrected chi connectivity index (χ3v) is 5.53. The molecule has 4 heteroatoms. The summed E-state index contributed by atoms with van der Waals surface area (Å²) in [6.45, 7) is 21.2. The molecule has 0 spiro atoms. The Morgan fingerprint density at radius 1 is 0.407 bits per heavy atom. The van der Waals surface area contributed by atoms with Crippen LogP contribution in [0.15, 0.2) is 0 Å². The Balaban J connectivity index is -0.000000326. The lowest BCUT2D eigenvalue weighted by Crippen LogP contribution is -2.26. The minimum absolute atomic E-state index is 1.28. The molecule has 0 aliphatic rings. The molecule has 0 N–H and O–H groups in total. The van der Waals surface area contributed by atoms with Gasteiger partial charge in [0.15, 0.2) is 0 Å². The topological polar surface area (TPSA) is 6.48 Å². The largest absolute Gasteiger partial charge is 0.303 e. The van der Waals surface area contributed by atoms with E-state index in [4.69, 9.17) is 0 Å². The van der Waals surface area contributed by atoms with Crippen LogP contribution in [0.25, 0.3) is 0 Å². The van der Waals surface area contributed by atoms with Crippen LogP contribution in [0.4, 0.5) is 0 Å². The highest BCUT2D eigenvalue weighted by Crippen LogP contribution is 2.00. The first-order valence-electron chi connectivity index (χ1n) is 11.7. The van der Waals surface area contributed by atoms with Gasteiger partial charge in [0.25, 0.3) is 0 Å². The van der Waals surface area contributed by atoms with Gasteiger partial charge in [0.1, 0.15) is 0 Å². The van der Waals surface area contributed by atoms with Crippen LogP contribution in [0.2, 0.25) is 0 Å². The van der Waals surface area contributed by atoms with Crippen LogP contribution in [0.5, 0.6) is 0 Å². The van der Waals surface area contributed by atoms with Crippen LogP contribution >= 0.6 is 45.2 Å². The monoisotopic (exact) mass is 610 g/mol. The standard InChI is InChI=1S/2C9H21N.C5H10I2/c2*1-4-7-10(8-5-2)9-6-3;6-4-2-1-3-5-7/h2*4-9H2,1-3H3;1-5H2. The van der Waals surface area contributed by atoms with E-state index in [0.717, 1.165) is 0 Å². The van der Waals surface area contributed by atoms with Gasteiger partial charge in [-0.3, -0.25) is 0 Å². The molecular weight excluding hydrogens is 558 g/mol. The highest BCUT2D eigenvalue weighted by atomic mass is 127. The number of hydrogen-bond donors (Lipinski definition) is 0. The van der Waals surface area contributed by atoms with Crippen molar-refractivity contribution in [1.29, 1.82) is 0 Å². The zero-order valence-electron chi connectivity index (χ0n) is 19.7. The van der Waals surface area contributed by atoms with Gasteiger partial charge in [0.05, 0.1) is 0 Å². The minimum atomic E-state index is 1.28. The first-order valence-corrected chi connectivity index (χ1v) is 14.7. The molecule has 0 fully saturated rings. The zero-order chi connectivity index (χ0) is 21.2. The van der Waals surface area contributed by atoms with Gasteiger partial charge in [-0.05, 0) is 99.5 Å². The third-order valence-electron chi connectivity index (χ3n) is 4.01. The molecular formula is C23H52I2N2. The Bertz CT molecular complexity index is 178. The fourth-order valence-electron chi connectivity index (χ4n) is 2.93. The van der Waals surface area contributed by atoms with Crippen LogP contribution in [-0.4, -0.2) is 57.9 Å². The summed E-state index contributed by atoms with van der Waals surface area (Å²) in [5, 5.41) is 0. The highest BCUT2D eigenvalue weighted by Gasteiger charge is 1.99. The first kappa shape index (κ1) is 33.0. The van der Waals surface area contributed by atoms with E-state index in [1.807, 2.05) is 0 Å². The average Bonchev–Trinajstić information content (AvgIpc) is 2.65. The van der Waals surface area contributed by atoms with Crippen LogP contribution in [0.3, 0.4) is 0 Å². The Kier molecular flexibility index (Phi) is 39.2. The van der Waals surface area contributed by atoms with Crippen molar-refractivity contribution in [3.63, 3.8) is 0 Å². The molecule has 0 atom stereocenters. The number of rotatable bonds is 16. The molecule has 0 aromatic carbocycles. The lowest BCUT2D eigenvalue weighted by molar-refractivity contribution is 0.275. The number of hydrogen-bond acceptors (Lipinski definition) is 2. The zero-order valence-corrected chi connectivity index (χ0v) is 24.0. The van der Waals surface area contributed by atoms with E-state index in [1.54, 1.807) is 0 Å². The third kappa shape index (κ3) is 32.3. The summed E-state index contributed by atoms with van der Waals surface area (Å²) in [6, 6.07) is 0. The fraction of sp³-hybridized carbons (Fsp3) is 1.00. The maximum absolute atomic E-state index is 2.54.